The Balaban J connectivity index is 1.51. The molecule has 1 atom stereocenters. The van der Waals surface area contributed by atoms with Crippen LogP contribution in [0.25, 0.3) is 0 Å². The van der Waals surface area contributed by atoms with E-state index in [2.05, 4.69) is 26.8 Å². The van der Waals surface area contributed by atoms with Crippen molar-refractivity contribution in [2.24, 2.45) is 11.7 Å². The van der Waals surface area contributed by atoms with Crippen LogP contribution in [0.3, 0.4) is 0 Å². The van der Waals surface area contributed by atoms with E-state index < -0.39 is 11.9 Å². The van der Waals surface area contributed by atoms with Crippen LogP contribution in [0.15, 0.2) is 78.2 Å². The minimum absolute atomic E-state index is 0.0177. The Morgan fingerprint density at radius 2 is 1.73 bits per heavy atom. The van der Waals surface area contributed by atoms with E-state index in [1.165, 1.54) is 0 Å². The van der Waals surface area contributed by atoms with E-state index in [4.69, 9.17) is 24.7 Å². The molecular weight excluding hydrogens is 504 g/mol. The summed E-state index contributed by atoms with van der Waals surface area (Å²) in [6.07, 6.45) is 4.19. The van der Waals surface area contributed by atoms with Crippen molar-refractivity contribution in [3.63, 3.8) is 0 Å². The molecule has 1 heterocycles. The second-order valence-corrected chi connectivity index (χ2v) is 10.2. The highest BCUT2D eigenvalue weighted by Crippen LogP contribution is 2.44. The lowest BCUT2D eigenvalue weighted by atomic mass is 9.83. The molecule has 4 rings (SSSR count). The third-order valence-corrected chi connectivity index (χ3v) is 6.66. The lowest BCUT2D eigenvalue weighted by Crippen LogP contribution is -2.21. The summed E-state index contributed by atoms with van der Waals surface area (Å²) in [6.45, 7) is 7.70. The van der Waals surface area contributed by atoms with Crippen LogP contribution in [-0.2, 0) is 0 Å². The number of carbonyl (C=O) groups excluding carboxylic acids is 1. The van der Waals surface area contributed by atoms with Gasteiger partial charge in [0.15, 0.2) is 0 Å². The van der Waals surface area contributed by atoms with Gasteiger partial charge in [0.2, 0.25) is 5.88 Å². The Morgan fingerprint density at radius 3 is 2.45 bits per heavy atom. The van der Waals surface area contributed by atoms with Gasteiger partial charge in [-0.1, -0.05) is 51.8 Å². The average Bonchev–Trinajstić information content (AvgIpc) is 2.95. The maximum absolute atomic E-state index is 12.8. The van der Waals surface area contributed by atoms with Crippen molar-refractivity contribution in [1.82, 2.24) is 0 Å². The Kier molecular flexibility index (Phi) is 9.69. The number of rotatable bonds is 12. The first kappa shape index (κ1) is 28.6. The highest BCUT2D eigenvalue weighted by Gasteiger charge is 2.31. The zero-order valence-corrected chi connectivity index (χ0v) is 23.3. The van der Waals surface area contributed by atoms with Crippen molar-refractivity contribution in [3.8, 4) is 29.1 Å². The molecule has 208 valence electrons. The van der Waals surface area contributed by atoms with Crippen molar-refractivity contribution < 1.29 is 23.7 Å². The van der Waals surface area contributed by atoms with Gasteiger partial charge in [0.25, 0.3) is 0 Å². The number of carbonyl (C=O) groups is 1. The van der Waals surface area contributed by atoms with Gasteiger partial charge in [0.05, 0.1) is 24.7 Å². The van der Waals surface area contributed by atoms with E-state index in [0.717, 1.165) is 42.6 Å². The molecule has 3 aromatic rings. The molecule has 0 saturated heterocycles. The summed E-state index contributed by atoms with van der Waals surface area (Å²) < 4.78 is 23.1. The normalized spacial score (nSPS) is 14.2. The largest absolute Gasteiger partial charge is 0.494 e. The molecule has 40 heavy (non-hydrogen) atoms. The number of esters is 1. The molecule has 1 unspecified atom stereocenters. The highest BCUT2D eigenvalue weighted by molar-refractivity contribution is 5.91. The molecule has 3 aromatic carbocycles. The number of fused-ring (bicyclic) bond motifs is 1. The molecule has 0 amide bonds. The topological polar surface area (TPSA) is 104 Å². The summed E-state index contributed by atoms with van der Waals surface area (Å²) in [4.78, 5) is 12.8. The maximum Gasteiger partial charge on any atom is 0.343 e. The molecule has 2 N–H and O–H groups in total. The molecule has 1 aliphatic heterocycles. The second-order valence-electron chi connectivity index (χ2n) is 10.2. The van der Waals surface area contributed by atoms with Crippen LogP contribution in [-0.4, -0.2) is 19.2 Å². The molecule has 0 aliphatic carbocycles. The zero-order chi connectivity index (χ0) is 28.5. The number of hydrogen-bond donors (Lipinski definition) is 1. The summed E-state index contributed by atoms with van der Waals surface area (Å²) >= 11 is 0. The number of benzene rings is 3. The number of nitrogens with two attached hydrogens (primary N) is 1. The van der Waals surface area contributed by atoms with Crippen LogP contribution in [0.5, 0.6) is 23.0 Å². The van der Waals surface area contributed by atoms with Crippen LogP contribution in [0.2, 0.25) is 0 Å². The summed E-state index contributed by atoms with van der Waals surface area (Å²) in [6, 6.07) is 21.9. The molecule has 7 nitrogen and oxygen atoms in total. The Morgan fingerprint density at radius 1 is 0.975 bits per heavy atom. The van der Waals surface area contributed by atoms with Gasteiger partial charge in [0.1, 0.15) is 34.6 Å². The Labute approximate surface area is 236 Å². The van der Waals surface area contributed by atoms with Crippen LogP contribution in [0.1, 0.15) is 73.9 Å². The van der Waals surface area contributed by atoms with Crippen molar-refractivity contribution >= 4 is 5.97 Å². The van der Waals surface area contributed by atoms with Crippen LogP contribution >= 0.6 is 0 Å². The van der Waals surface area contributed by atoms with Crippen molar-refractivity contribution in [2.75, 3.05) is 13.2 Å². The van der Waals surface area contributed by atoms with Gasteiger partial charge >= 0.3 is 5.97 Å². The fraction of sp³-hybridized carbons (Fsp3) is 0.333. The molecule has 0 saturated carbocycles. The van der Waals surface area contributed by atoms with Gasteiger partial charge in [0, 0.05) is 11.6 Å². The molecule has 0 spiro atoms. The van der Waals surface area contributed by atoms with Crippen molar-refractivity contribution in [1.29, 1.82) is 5.26 Å². The second kappa shape index (κ2) is 13.6. The average molecular weight is 541 g/mol. The highest BCUT2D eigenvalue weighted by atomic mass is 16.5. The smallest absolute Gasteiger partial charge is 0.343 e. The van der Waals surface area contributed by atoms with Gasteiger partial charge in [-0.15, -0.1) is 0 Å². The molecule has 0 radical (unpaired) electrons. The first-order valence-corrected chi connectivity index (χ1v) is 13.8. The van der Waals surface area contributed by atoms with Gasteiger partial charge in [-0.2, -0.15) is 5.26 Å². The van der Waals surface area contributed by atoms with E-state index in [1.54, 1.807) is 42.5 Å². The number of unbranched alkanes of at least 4 members (excludes halogenated alkanes) is 2. The van der Waals surface area contributed by atoms with E-state index in [1.807, 2.05) is 24.3 Å². The van der Waals surface area contributed by atoms with Crippen LogP contribution < -0.4 is 24.7 Å². The first-order valence-electron chi connectivity index (χ1n) is 13.8. The number of allylic oxidation sites excluding steroid dienone is 1. The van der Waals surface area contributed by atoms with Crippen molar-refractivity contribution in [2.45, 2.75) is 52.4 Å². The number of ether oxygens (including phenoxy) is 4. The van der Waals surface area contributed by atoms with Crippen LogP contribution in [0, 0.1) is 17.2 Å². The summed E-state index contributed by atoms with van der Waals surface area (Å²) in [5, 5.41) is 9.90. The minimum atomic E-state index is -0.502. The molecular formula is C33H36N2O5. The summed E-state index contributed by atoms with van der Waals surface area (Å²) in [7, 11) is 0. The number of nitrogens with zero attached hydrogens (tertiary/aromatic N) is 1. The Hall–Kier alpha value is -4.44. The Bertz CT molecular complexity index is 1390. The van der Waals surface area contributed by atoms with Crippen LogP contribution in [0.4, 0.5) is 0 Å². The predicted molar refractivity (Wildman–Crippen MR) is 154 cm³/mol. The summed E-state index contributed by atoms with van der Waals surface area (Å²) in [5.74, 6) is 1.78. The minimum Gasteiger partial charge on any atom is -0.494 e. The fourth-order valence-corrected chi connectivity index (χ4v) is 4.43. The molecule has 7 heteroatoms. The molecule has 0 fully saturated rings. The monoisotopic (exact) mass is 540 g/mol. The zero-order valence-electron chi connectivity index (χ0n) is 23.3. The number of hydrogen-bond acceptors (Lipinski definition) is 7. The maximum atomic E-state index is 12.8. The predicted octanol–water partition coefficient (Wildman–Crippen LogP) is 7.12. The first-order chi connectivity index (χ1) is 19.4. The van der Waals surface area contributed by atoms with Crippen molar-refractivity contribution in [3.05, 3.63) is 94.9 Å². The summed E-state index contributed by atoms with van der Waals surface area (Å²) in [5.41, 5.74) is 8.49. The quantitative estimate of drug-likeness (QED) is 0.148. The molecule has 1 aliphatic rings. The fourth-order valence-electron chi connectivity index (χ4n) is 4.43. The third-order valence-electron chi connectivity index (χ3n) is 6.66. The standard InChI is InChI=1S/C33H36N2O5/c1-4-5-6-17-37-25-12-10-23(11-13-25)33(36)39-27-14-15-28-30(20-27)40-32(35)29(21-34)31(28)24-8-7-9-26(19-24)38-18-16-22(2)3/h7-15,19-20,22,31H,4-6,16-18,35H2,1-3H3. The third kappa shape index (κ3) is 7.15. The lowest BCUT2D eigenvalue weighted by Gasteiger charge is -2.27. The van der Waals surface area contributed by atoms with Gasteiger partial charge < -0.3 is 24.7 Å². The van der Waals surface area contributed by atoms with Gasteiger partial charge in [-0.3, -0.25) is 0 Å². The van der Waals surface area contributed by atoms with E-state index in [9.17, 15) is 10.1 Å². The molecule has 0 bridgehead atoms. The SMILES string of the molecule is CCCCCOc1ccc(C(=O)Oc2ccc3c(c2)OC(N)=C(C#N)C3c2cccc(OCCC(C)C)c2)cc1. The van der Waals surface area contributed by atoms with Gasteiger partial charge in [-0.05, 0) is 66.8 Å². The van der Waals surface area contributed by atoms with E-state index in [0.29, 0.717) is 47.5 Å². The number of nitriles is 1. The van der Waals surface area contributed by atoms with Gasteiger partial charge in [-0.25, -0.2) is 4.79 Å². The van der Waals surface area contributed by atoms with E-state index in [-0.39, 0.29) is 5.88 Å². The molecule has 0 aromatic heterocycles. The lowest BCUT2D eigenvalue weighted by molar-refractivity contribution is 0.0734. The van der Waals surface area contributed by atoms with E-state index >= 15 is 0 Å².